The smallest absolute Gasteiger partial charge is 0.391 e. The fourth-order valence-corrected chi connectivity index (χ4v) is 9.01. The zero-order chi connectivity index (χ0) is 24.2. The second kappa shape index (κ2) is 8.84. The Balaban J connectivity index is 1.44. The minimum Gasteiger partial charge on any atom is -0.393 e. The molecular formula is C28H45F3O2. The summed E-state index contributed by atoms with van der Waals surface area (Å²) in [6, 6.07) is 0. The minimum absolute atomic E-state index is 0.219. The molecule has 1 unspecified atom stereocenters. The van der Waals surface area contributed by atoms with Gasteiger partial charge in [0.1, 0.15) is 0 Å². The number of hydrogen-bond donors (Lipinski definition) is 2. The van der Waals surface area contributed by atoms with Crippen LogP contribution in [0, 0.1) is 40.4 Å². The maximum atomic E-state index is 12.6. The lowest BCUT2D eigenvalue weighted by molar-refractivity contribution is -0.154. The minimum atomic E-state index is -4.29. The van der Waals surface area contributed by atoms with E-state index in [1.165, 1.54) is 31.3 Å². The number of hydrogen-bond acceptors (Lipinski definition) is 2. The van der Waals surface area contributed by atoms with Crippen LogP contribution in [-0.4, -0.2) is 28.1 Å². The van der Waals surface area contributed by atoms with E-state index in [0.29, 0.717) is 36.0 Å². The van der Waals surface area contributed by atoms with Crippen LogP contribution in [0.3, 0.4) is 0 Å². The van der Waals surface area contributed by atoms with Crippen LogP contribution in [0.1, 0.15) is 105 Å². The van der Waals surface area contributed by atoms with Crippen LogP contribution in [0.4, 0.5) is 13.2 Å². The lowest BCUT2D eigenvalue weighted by Gasteiger charge is -2.59. The molecule has 0 aliphatic heterocycles. The van der Waals surface area contributed by atoms with Crippen molar-refractivity contribution in [1.29, 1.82) is 0 Å². The van der Waals surface area contributed by atoms with Crippen molar-refractivity contribution in [1.82, 2.24) is 0 Å². The molecule has 33 heavy (non-hydrogen) atoms. The molecule has 0 bridgehead atoms. The highest BCUT2D eigenvalue weighted by Gasteiger charge is 2.59. The van der Waals surface area contributed by atoms with E-state index < -0.39 is 24.3 Å². The van der Waals surface area contributed by atoms with Gasteiger partial charge in [-0.2, -0.15) is 13.2 Å². The van der Waals surface area contributed by atoms with Gasteiger partial charge in [0.05, 0.1) is 18.1 Å². The molecule has 0 heterocycles. The van der Waals surface area contributed by atoms with Gasteiger partial charge >= 0.3 is 6.18 Å². The van der Waals surface area contributed by atoms with E-state index in [2.05, 4.69) is 33.8 Å². The van der Waals surface area contributed by atoms with Crippen molar-refractivity contribution in [2.24, 2.45) is 40.4 Å². The van der Waals surface area contributed by atoms with Gasteiger partial charge in [-0.25, -0.2) is 0 Å². The molecule has 190 valence electrons. The highest BCUT2D eigenvalue weighted by Crippen LogP contribution is 2.67. The fourth-order valence-electron chi connectivity index (χ4n) is 9.01. The number of fused-ring (bicyclic) bond motifs is 5. The molecule has 0 amide bonds. The standard InChI is InChI=1S/C28H45F3O2/c1-5-27(33)15-14-25(3)19(16-27)7-9-21-23-11-10-22(26(23,4)13-12-24(21)25)18(2)6-8-20(32)17-28(29,30)31/h7,18,20-24,32-33H,5-6,8-17H2,1-4H3/t18-,20?,21+,22-,23+,24+,25+,26-,27+/m1/s1. The van der Waals surface area contributed by atoms with E-state index in [1.54, 1.807) is 0 Å². The second-order valence-electron chi connectivity index (χ2n) is 12.8. The van der Waals surface area contributed by atoms with E-state index in [1.807, 2.05) is 0 Å². The van der Waals surface area contributed by atoms with Gasteiger partial charge in [0.2, 0.25) is 0 Å². The molecular weight excluding hydrogens is 425 g/mol. The Morgan fingerprint density at radius 1 is 1.06 bits per heavy atom. The number of rotatable bonds is 6. The SMILES string of the molecule is CC[C@]1(O)CC[C@@]2(C)C(=CC[C@H]3[C@@H]4CC[C@H]([C@H](C)CCC(O)CC(F)(F)F)[C@@]4(C)CC[C@@H]32)C1. The van der Waals surface area contributed by atoms with Gasteiger partial charge in [0.25, 0.3) is 0 Å². The molecule has 2 nitrogen and oxygen atoms in total. The summed E-state index contributed by atoms with van der Waals surface area (Å²) in [5.74, 6) is 2.96. The third-order valence-electron chi connectivity index (χ3n) is 11.1. The van der Waals surface area contributed by atoms with Gasteiger partial charge in [-0.15, -0.1) is 0 Å². The molecule has 0 aromatic rings. The quantitative estimate of drug-likeness (QED) is 0.396. The average Bonchev–Trinajstić information content (AvgIpc) is 3.09. The second-order valence-corrected chi connectivity index (χ2v) is 12.8. The first-order valence-electron chi connectivity index (χ1n) is 13.5. The molecule has 3 saturated carbocycles. The Morgan fingerprint density at radius 2 is 1.79 bits per heavy atom. The van der Waals surface area contributed by atoms with Gasteiger partial charge in [-0.3, -0.25) is 0 Å². The molecule has 3 fully saturated rings. The summed E-state index contributed by atoms with van der Waals surface area (Å²) in [6.07, 6.45) is 6.38. The van der Waals surface area contributed by atoms with E-state index >= 15 is 0 Å². The first-order valence-corrected chi connectivity index (χ1v) is 13.5. The van der Waals surface area contributed by atoms with Crippen LogP contribution in [0.15, 0.2) is 11.6 Å². The Kier molecular flexibility index (Phi) is 6.84. The van der Waals surface area contributed by atoms with Crippen molar-refractivity contribution in [2.45, 2.75) is 123 Å². The highest BCUT2D eigenvalue weighted by atomic mass is 19.4. The molecule has 2 N–H and O–H groups in total. The van der Waals surface area contributed by atoms with Crippen LogP contribution in [0.25, 0.3) is 0 Å². The molecule has 5 heteroatoms. The number of halogens is 3. The van der Waals surface area contributed by atoms with Crippen molar-refractivity contribution in [2.75, 3.05) is 0 Å². The monoisotopic (exact) mass is 470 g/mol. The molecule has 4 aliphatic carbocycles. The fraction of sp³-hybridized carbons (Fsp3) is 0.929. The summed E-state index contributed by atoms with van der Waals surface area (Å²) in [7, 11) is 0. The molecule has 4 rings (SSSR count). The average molecular weight is 471 g/mol. The number of aliphatic hydroxyl groups is 2. The molecule has 0 aromatic heterocycles. The largest absolute Gasteiger partial charge is 0.393 e. The van der Waals surface area contributed by atoms with E-state index in [0.717, 1.165) is 32.1 Å². The van der Waals surface area contributed by atoms with E-state index in [9.17, 15) is 23.4 Å². The predicted octanol–water partition coefficient (Wildman–Crippen LogP) is 7.44. The number of aliphatic hydroxyl groups excluding tert-OH is 1. The zero-order valence-corrected chi connectivity index (χ0v) is 21.1. The van der Waals surface area contributed by atoms with Crippen molar-refractivity contribution >= 4 is 0 Å². The van der Waals surface area contributed by atoms with Gasteiger partial charge in [0, 0.05) is 0 Å². The molecule has 4 aliphatic rings. The summed E-state index contributed by atoms with van der Waals surface area (Å²) in [4.78, 5) is 0. The molecule has 0 radical (unpaired) electrons. The normalized spacial score (nSPS) is 44.9. The van der Waals surface area contributed by atoms with Crippen LogP contribution in [-0.2, 0) is 0 Å². The zero-order valence-electron chi connectivity index (χ0n) is 21.1. The van der Waals surface area contributed by atoms with Gasteiger partial charge < -0.3 is 10.2 Å². The lowest BCUT2D eigenvalue weighted by Crippen LogP contribution is -2.52. The van der Waals surface area contributed by atoms with E-state index in [-0.39, 0.29) is 17.3 Å². The van der Waals surface area contributed by atoms with Crippen molar-refractivity contribution in [3.05, 3.63) is 11.6 Å². The van der Waals surface area contributed by atoms with Crippen LogP contribution < -0.4 is 0 Å². The Bertz CT molecular complexity index is 748. The Labute approximate surface area is 198 Å². The first-order chi connectivity index (χ1) is 15.3. The number of alkyl halides is 3. The van der Waals surface area contributed by atoms with E-state index in [4.69, 9.17) is 0 Å². The number of allylic oxidation sites excluding steroid dienone is 1. The van der Waals surface area contributed by atoms with Crippen molar-refractivity contribution < 1.29 is 23.4 Å². The first kappa shape index (κ1) is 25.5. The summed E-state index contributed by atoms with van der Waals surface area (Å²) < 4.78 is 37.8. The molecule has 9 atom stereocenters. The summed E-state index contributed by atoms with van der Waals surface area (Å²) in [6.45, 7) is 9.23. The highest BCUT2D eigenvalue weighted by molar-refractivity contribution is 5.27. The molecule has 0 saturated heterocycles. The van der Waals surface area contributed by atoms with Gasteiger partial charge in [0.15, 0.2) is 0 Å². The summed E-state index contributed by atoms with van der Waals surface area (Å²) >= 11 is 0. The maximum Gasteiger partial charge on any atom is 0.391 e. The Morgan fingerprint density at radius 3 is 2.45 bits per heavy atom. The lowest BCUT2D eigenvalue weighted by atomic mass is 9.46. The van der Waals surface area contributed by atoms with Gasteiger partial charge in [-0.05, 0) is 111 Å². The predicted molar refractivity (Wildman–Crippen MR) is 126 cm³/mol. The van der Waals surface area contributed by atoms with Crippen molar-refractivity contribution in [3.8, 4) is 0 Å². The summed E-state index contributed by atoms with van der Waals surface area (Å²) in [5, 5.41) is 20.8. The molecule has 0 aromatic carbocycles. The summed E-state index contributed by atoms with van der Waals surface area (Å²) in [5.41, 5.74) is 1.46. The van der Waals surface area contributed by atoms with Gasteiger partial charge in [-0.1, -0.05) is 39.3 Å². The molecule has 0 spiro atoms. The third kappa shape index (κ3) is 4.67. The van der Waals surface area contributed by atoms with Crippen LogP contribution in [0.2, 0.25) is 0 Å². The van der Waals surface area contributed by atoms with Crippen LogP contribution >= 0.6 is 0 Å². The Hall–Kier alpha value is -0.550. The maximum absolute atomic E-state index is 12.6. The topological polar surface area (TPSA) is 40.5 Å². The van der Waals surface area contributed by atoms with Crippen molar-refractivity contribution in [3.63, 3.8) is 0 Å². The third-order valence-corrected chi connectivity index (χ3v) is 11.1. The van der Waals surface area contributed by atoms with Crippen LogP contribution in [0.5, 0.6) is 0 Å².